The second-order valence-corrected chi connectivity index (χ2v) is 5.18. The number of pyridine rings is 1. The molecule has 20 heavy (non-hydrogen) atoms. The largest absolute Gasteiger partial charge is 0.314 e. The minimum atomic E-state index is 0.414. The number of nitrogens with zero attached hydrogens (tertiary/aromatic N) is 4. The van der Waals surface area contributed by atoms with E-state index in [1.807, 2.05) is 23.3 Å². The van der Waals surface area contributed by atoms with Crippen molar-refractivity contribution in [3.63, 3.8) is 0 Å². The van der Waals surface area contributed by atoms with Gasteiger partial charge in [-0.25, -0.2) is 0 Å². The van der Waals surface area contributed by atoms with Crippen molar-refractivity contribution in [2.75, 3.05) is 19.6 Å². The van der Waals surface area contributed by atoms with Crippen LogP contribution in [0.5, 0.6) is 0 Å². The highest BCUT2D eigenvalue weighted by Crippen LogP contribution is 2.23. The van der Waals surface area contributed by atoms with Crippen molar-refractivity contribution in [1.82, 2.24) is 25.0 Å². The SMILES string of the molecule is CCn1cc(CN2CCNCC2c2ccncc2)cn1. The van der Waals surface area contributed by atoms with Crippen LogP contribution >= 0.6 is 0 Å². The number of nitrogens with one attached hydrogen (secondary N) is 1. The first kappa shape index (κ1) is 13.3. The van der Waals surface area contributed by atoms with Crippen LogP contribution in [0, 0.1) is 0 Å². The van der Waals surface area contributed by atoms with Gasteiger partial charge in [-0.1, -0.05) is 0 Å². The molecule has 1 saturated heterocycles. The number of hydrogen-bond acceptors (Lipinski definition) is 4. The van der Waals surface area contributed by atoms with E-state index in [-0.39, 0.29) is 0 Å². The van der Waals surface area contributed by atoms with Crippen molar-refractivity contribution in [3.05, 3.63) is 48.0 Å². The maximum atomic E-state index is 4.36. The summed E-state index contributed by atoms with van der Waals surface area (Å²) in [5.74, 6) is 0. The van der Waals surface area contributed by atoms with E-state index in [1.54, 1.807) is 0 Å². The summed E-state index contributed by atoms with van der Waals surface area (Å²) in [6.45, 7) is 7.09. The third kappa shape index (κ3) is 2.89. The molecule has 5 heteroatoms. The van der Waals surface area contributed by atoms with Crippen LogP contribution in [0.2, 0.25) is 0 Å². The molecule has 1 unspecified atom stereocenters. The molecule has 3 rings (SSSR count). The van der Waals surface area contributed by atoms with Gasteiger partial charge in [0.1, 0.15) is 0 Å². The van der Waals surface area contributed by atoms with E-state index in [2.05, 4.69) is 45.6 Å². The van der Waals surface area contributed by atoms with Crippen LogP contribution in [0.4, 0.5) is 0 Å². The Morgan fingerprint density at radius 3 is 2.95 bits per heavy atom. The van der Waals surface area contributed by atoms with Gasteiger partial charge in [0.2, 0.25) is 0 Å². The Hall–Kier alpha value is -1.72. The lowest BCUT2D eigenvalue weighted by Crippen LogP contribution is -2.45. The quantitative estimate of drug-likeness (QED) is 0.914. The standard InChI is InChI=1S/C15H21N5/c1-2-20-12-13(9-18-20)11-19-8-7-17-10-15(19)14-3-5-16-6-4-14/h3-6,9,12,15,17H,2,7-8,10-11H2,1H3. The van der Waals surface area contributed by atoms with E-state index in [0.717, 1.165) is 32.7 Å². The fourth-order valence-corrected chi connectivity index (χ4v) is 2.75. The molecule has 1 aliphatic heterocycles. The summed E-state index contributed by atoms with van der Waals surface area (Å²) in [4.78, 5) is 6.63. The van der Waals surface area contributed by atoms with Gasteiger partial charge < -0.3 is 5.32 Å². The molecular formula is C15H21N5. The van der Waals surface area contributed by atoms with Gasteiger partial charge >= 0.3 is 0 Å². The molecule has 1 N–H and O–H groups in total. The van der Waals surface area contributed by atoms with Crippen LogP contribution < -0.4 is 5.32 Å². The molecule has 5 nitrogen and oxygen atoms in total. The van der Waals surface area contributed by atoms with Crippen molar-refractivity contribution >= 4 is 0 Å². The number of aryl methyl sites for hydroxylation is 1. The molecule has 3 heterocycles. The second-order valence-electron chi connectivity index (χ2n) is 5.18. The van der Waals surface area contributed by atoms with Crippen molar-refractivity contribution < 1.29 is 0 Å². The van der Waals surface area contributed by atoms with Crippen molar-refractivity contribution in [1.29, 1.82) is 0 Å². The van der Waals surface area contributed by atoms with Crippen LogP contribution in [0.1, 0.15) is 24.1 Å². The lowest BCUT2D eigenvalue weighted by Gasteiger charge is -2.36. The number of aromatic nitrogens is 3. The summed E-state index contributed by atoms with van der Waals surface area (Å²) < 4.78 is 1.99. The summed E-state index contributed by atoms with van der Waals surface area (Å²) in [6, 6.07) is 4.64. The molecule has 1 aliphatic rings. The summed E-state index contributed by atoms with van der Waals surface area (Å²) in [5, 5.41) is 7.84. The topological polar surface area (TPSA) is 46.0 Å². The summed E-state index contributed by atoms with van der Waals surface area (Å²) in [7, 11) is 0. The summed E-state index contributed by atoms with van der Waals surface area (Å²) in [5.41, 5.74) is 2.61. The van der Waals surface area contributed by atoms with Crippen molar-refractivity contribution in [2.24, 2.45) is 0 Å². The molecule has 1 atom stereocenters. The Kier molecular flexibility index (Phi) is 4.08. The fraction of sp³-hybridized carbons (Fsp3) is 0.467. The van der Waals surface area contributed by atoms with E-state index in [0.29, 0.717) is 6.04 Å². The van der Waals surface area contributed by atoms with Gasteiger partial charge in [-0.3, -0.25) is 14.6 Å². The average Bonchev–Trinajstić information content (AvgIpc) is 2.96. The fourth-order valence-electron chi connectivity index (χ4n) is 2.75. The van der Waals surface area contributed by atoms with E-state index in [4.69, 9.17) is 0 Å². The first-order chi connectivity index (χ1) is 9.86. The molecule has 0 aromatic carbocycles. The zero-order valence-electron chi connectivity index (χ0n) is 11.9. The minimum absolute atomic E-state index is 0.414. The predicted molar refractivity (Wildman–Crippen MR) is 78.2 cm³/mol. The highest BCUT2D eigenvalue weighted by molar-refractivity contribution is 5.17. The highest BCUT2D eigenvalue weighted by atomic mass is 15.3. The number of rotatable bonds is 4. The van der Waals surface area contributed by atoms with E-state index >= 15 is 0 Å². The molecule has 0 bridgehead atoms. The number of piperazine rings is 1. The Bertz CT molecular complexity index is 536. The van der Waals surface area contributed by atoms with E-state index < -0.39 is 0 Å². The normalized spacial score (nSPS) is 20.1. The first-order valence-electron chi connectivity index (χ1n) is 7.23. The van der Waals surface area contributed by atoms with Crippen LogP contribution in [0.15, 0.2) is 36.9 Å². The smallest absolute Gasteiger partial charge is 0.0534 e. The highest BCUT2D eigenvalue weighted by Gasteiger charge is 2.23. The van der Waals surface area contributed by atoms with Crippen LogP contribution in [-0.4, -0.2) is 39.3 Å². The molecule has 0 saturated carbocycles. The van der Waals surface area contributed by atoms with Crippen molar-refractivity contribution in [3.8, 4) is 0 Å². The maximum Gasteiger partial charge on any atom is 0.0534 e. The molecule has 2 aromatic rings. The Morgan fingerprint density at radius 1 is 1.35 bits per heavy atom. The van der Waals surface area contributed by atoms with Gasteiger partial charge in [-0.15, -0.1) is 0 Å². The molecule has 1 fully saturated rings. The zero-order valence-corrected chi connectivity index (χ0v) is 11.9. The number of hydrogen-bond donors (Lipinski definition) is 1. The van der Waals surface area contributed by atoms with E-state index in [9.17, 15) is 0 Å². The first-order valence-corrected chi connectivity index (χ1v) is 7.23. The van der Waals surface area contributed by atoms with Crippen LogP contribution in [0.25, 0.3) is 0 Å². The monoisotopic (exact) mass is 271 g/mol. The van der Waals surface area contributed by atoms with Gasteiger partial charge in [-0.05, 0) is 24.6 Å². The molecular weight excluding hydrogens is 250 g/mol. The Balaban J connectivity index is 1.75. The lowest BCUT2D eigenvalue weighted by atomic mass is 10.0. The molecule has 0 radical (unpaired) electrons. The van der Waals surface area contributed by atoms with Gasteiger partial charge in [0, 0.05) is 62.9 Å². The van der Waals surface area contributed by atoms with Crippen LogP contribution in [0.3, 0.4) is 0 Å². The van der Waals surface area contributed by atoms with Gasteiger partial charge in [-0.2, -0.15) is 5.10 Å². The van der Waals surface area contributed by atoms with Crippen molar-refractivity contribution in [2.45, 2.75) is 26.1 Å². The molecule has 2 aromatic heterocycles. The third-order valence-electron chi connectivity index (χ3n) is 3.84. The Morgan fingerprint density at radius 2 is 2.20 bits per heavy atom. The Labute approximate surface area is 119 Å². The third-order valence-corrected chi connectivity index (χ3v) is 3.84. The summed E-state index contributed by atoms with van der Waals surface area (Å²) in [6.07, 6.45) is 7.87. The average molecular weight is 271 g/mol. The van der Waals surface area contributed by atoms with E-state index in [1.165, 1.54) is 11.1 Å². The molecule has 106 valence electrons. The molecule has 0 spiro atoms. The zero-order chi connectivity index (χ0) is 13.8. The predicted octanol–water partition coefficient (Wildman–Crippen LogP) is 1.44. The van der Waals surface area contributed by atoms with Crippen LogP contribution in [-0.2, 0) is 13.1 Å². The second kappa shape index (κ2) is 6.15. The summed E-state index contributed by atoms with van der Waals surface area (Å²) >= 11 is 0. The maximum absolute atomic E-state index is 4.36. The van der Waals surface area contributed by atoms with Gasteiger partial charge in [0.05, 0.1) is 6.20 Å². The molecule has 0 amide bonds. The van der Waals surface area contributed by atoms with Gasteiger partial charge in [0.15, 0.2) is 0 Å². The lowest BCUT2D eigenvalue weighted by molar-refractivity contribution is 0.153. The molecule has 0 aliphatic carbocycles. The van der Waals surface area contributed by atoms with Gasteiger partial charge in [0.25, 0.3) is 0 Å². The minimum Gasteiger partial charge on any atom is -0.314 e.